The lowest BCUT2D eigenvalue weighted by Gasteiger charge is -2.36. The monoisotopic (exact) mass is 441 g/mol. The van der Waals surface area contributed by atoms with Crippen LogP contribution in [0.1, 0.15) is 25.0 Å². The number of hydrogen-bond donors (Lipinski definition) is 2. The van der Waals surface area contributed by atoms with Crippen molar-refractivity contribution in [3.8, 4) is 0 Å². The molecule has 0 aliphatic carbocycles. The van der Waals surface area contributed by atoms with Gasteiger partial charge in [-0.05, 0) is 37.8 Å². The van der Waals surface area contributed by atoms with E-state index < -0.39 is 0 Å². The van der Waals surface area contributed by atoms with Gasteiger partial charge in [0, 0.05) is 25.8 Å². The number of nitrogens with one attached hydrogen (secondary N) is 1. The molecule has 6 rings (SSSR count). The number of aryl methyl sites for hydroxylation is 1. The Labute approximate surface area is 185 Å². The number of nitrogens with zero attached hydrogens (tertiary/aromatic N) is 7. The summed E-state index contributed by atoms with van der Waals surface area (Å²) in [7, 11) is 0. The number of H-pyrrole nitrogens is 1. The Morgan fingerprint density at radius 1 is 1.16 bits per heavy atom. The number of halogens is 1. The average Bonchev–Trinajstić information content (AvgIpc) is 3.37. The zero-order valence-corrected chi connectivity index (χ0v) is 17.8. The van der Waals surface area contributed by atoms with Gasteiger partial charge in [0.25, 0.3) is 6.02 Å². The zero-order valence-electron chi connectivity index (χ0n) is 17.0. The fraction of sp³-hybridized carbons (Fsp3) is 0.450. The van der Waals surface area contributed by atoms with Gasteiger partial charge in [-0.15, -0.1) is 12.4 Å². The molecule has 1 spiro atoms. The highest BCUT2D eigenvalue weighted by atomic mass is 35.5. The third-order valence-corrected chi connectivity index (χ3v) is 6.30. The molecule has 0 aromatic carbocycles. The lowest BCUT2D eigenvalue weighted by atomic mass is 9.89. The van der Waals surface area contributed by atoms with Crippen molar-refractivity contribution in [1.82, 2.24) is 25.1 Å². The molecule has 0 bridgehead atoms. The number of pyridine rings is 1. The van der Waals surface area contributed by atoms with Crippen molar-refractivity contribution in [3.63, 3.8) is 0 Å². The second-order valence-electron chi connectivity index (χ2n) is 8.15. The van der Waals surface area contributed by atoms with Crippen molar-refractivity contribution in [1.29, 1.82) is 0 Å². The average molecular weight is 442 g/mol. The largest absolute Gasteiger partial charge is 0.463 e. The summed E-state index contributed by atoms with van der Waals surface area (Å²) in [6, 6.07) is 4.37. The Kier molecular flexibility index (Phi) is 4.81. The van der Waals surface area contributed by atoms with Crippen LogP contribution >= 0.6 is 12.4 Å². The lowest BCUT2D eigenvalue weighted by Crippen LogP contribution is -2.44. The Morgan fingerprint density at radius 3 is 2.84 bits per heavy atom. The molecular formula is C20H24ClN9O. The molecule has 0 radical (unpaired) electrons. The van der Waals surface area contributed by atoms with Gasteiger partial charge in [0.2, 0.25) is 0 Å². The van der Waals surface area contributed by atoms with Gasteiger partial charge in [-0.3, -0.25) is 10.1 Å². The van der Waals surface area contributed by atoms with Crippen molar-refractivity contribution in [2.75, 3.05) is 36.0 Å². The van der Waals surface area contributed by atoms with Crippen LogP contribution in [0.3, 0.4) is 0 Å². The number of fused-ring (bicyclic) bond motifs is 2. The van der Waals surface area contributed by atoms with Gasteiger partial charge in [-0.2, -0.15) is 5.10 Å². The molecule has 10 nitrogen and oxygen atoms in total. The molecule has 3 aromatic heterocycles. The summed E-state index contributed by atoms with van der Waals surface area (Å²) in [6.45, 7) is 3.15. The summed E-state index contributed by atoms with van der Waals surface area (Å²) in [5.41, 5.74) is 9.23. The maximum atomic E-state index is 5.71. The van der Waals surface area contributed by atoms with E-state index in [2.05, 4.69) is 36.0 Å². The van der Waals surface area contributed by atoms with Crippen LogP contribution in [0.15, 0.2) is 29.5 Å². The van der Waals surface area contributed by atoms with E-state index in [9.17, 15) is 0 Å². The van der Waals surface area contributed by atoms with Gasteiger partial charge in [-0.1, -0.05) is 0 Å². The summed E-state index contributed by atoms with van der Waals surface area (Å²) < 4.78 is 5.39. The van der Waals surface area contributed by atoms with E-state index in [1.54, 1.807) is 0 Å². The maximum absolute atomic E-state index is 5.71. The molecule has 11 heteroatoms. The third kappa shape index (κ3) is 3.31. The first-order chi connectivity index (χ1) is 14.7. The number of ether oxygens (including phenoxy) is 1. The molecule has 1 fully saturated rings. The van der Waals surface area contributed by atoms with E-state index in [0.717, 1.165) is 73.9 Å². The molecule has 6 heterocycles. The minimum absolute atomic E-state index is 0. The SMILES string of the molecule is Cl.NC1=NC2(CCN(c3cnc4c(N5CCCc6ncccc65)n[nH]c4n3)CC2)CO1. The molecule has 3 aliphatic rings. The van der Waals surface area contributed by atoms with E-state index in [-0.39, 0.29) is 17.9 Å². The molecule has 3 N–H and O–H groups in total. The molecule has 162 valence electrons. The van der Waals surface area contributed by atoms with Crippen LogP contribution in [0.2, 0.25) is 0 Å². The summed E-state index contributed by atoms with van der Waals surface area (Å²) in [5, 5.41) is 7.63. The number of rotatable bonds is 2. The fourth-order valence-electron chi connectivity index (χ4n) is 4.65. The van der Waals surface area contributed by atoms with Crippen molar-refractivity contribution in [2.45, 2.75) is 31.2 Å². The van der Waals surface area contributed by atoms with Crippen LogP contribution in [0.25, 0.3) is 11.2 Å². The molecule has 3 aromatic rings. The summed E-state index contributed by atoms with van der Waals surface area (Å²) in [4.78, 5) is 23.0. The van der Waals surface area contributed by atoms with Crippen LogP contribution in [-0.2, 0) is 11.2 Å². The normalized spacial score (nSPS) is 19.7. The van der Waals surface area contributed by atoms with Crippen LogP contribution < -0.4 is 15.5 Å². The van der Waals surface area contributed by atoms with Crippen LogP contribution in [-0.4, -0.2) is 63.0 Å². The third-order valence-electron chi connectivity index (χ3n) is 6.30. The highest BCUT2D eigenvalue weighted by Gasteiger charge is 2.39. The molecule has 31 heavy (non-hydrogen) atoms. The number of amidine groups is 1. The first-order valence-corrected chi connectivity index (χ1v) is 10.4. The molecule has 0 atom stereocenters. The van der Waals surface area contributed by atoms with Gasteiger partial charge in [0.1, 0.15) is 18.0 Å². The van der Waals surface area contributed by atoms with Gasteiger partial charge in [0.05, 0.1) is 17.6 Å². The first kappa shape index (κ1) is 19.8. The standard InChI is InChI=1S/C20H23N9O.ClH/c21-19-25-20(12-30-19)5-9-28(10-6-20)15-11-23-16-17(24-15)26-27-18(16)29-8-2-3-13-14(29)4-1-7-22-13;/h1,4,7,11H,2-3,5-6,8-10,12H2,(H2,21,25)(H,24,26,27);1H. The second kappa shape index (κ2) is 7.52. The van der Waals surface area contributed by atoms with Crippen molar-refractivity contribution in [2.24, 2.45) is 10.7 Å². The Hall–Kier alpha value is -3.14. The highest BCUT2D eigenvalue weighted by Crippen LogP contribution is 2.35. The number of nitrogens with two attached hydrogens (primary N) is 1. The number of anilines is 3. The predicted molar refractivity (Wildman–Crippen MR) is 120 cm³/mol. The Morgan fingerprint density at radius 2 is 2.03 bits per heavy atom. The minimum Gasteiger partial charge on any atom is -0.463 e. The van der Waals surface area contributed by atoms with E-state index >= 15 is 0 Å². The van der Waals surface area contributed by atoms with Crippen LogP contribution in [0.4, 0.5) is 17.3 Å². The zero-order chi connectivity index (χ0) is 20.1. The number of hydrogen-bond acceptors (Lipinski definition) is 9. The fourth-order valence-corrected chi connectivity index (χ4v) is 4.65. The number of aromatic amines is 1. The Balaban J connectivity index is 0.00000204. The molecule has 3 aliphatic heterocycles. The maximum Gasteiger partial charge on any atom is 0.282 e. The Bertz CT molecular complexity index is 1140. The van der Waals surface area contributed by atoms with Gasteiger partial charge in [0.15, 0.2) is 17.0 Å². The smallest absolute Gasteiger partial charge is 0.282 e. The van der Waals surface area contributed by atoms with Crippen LogP contribution in [0.5, 0.6) is 0 Å². The second-order valence-corrected chi connectivity index (χ2v) is 8.15. The van der Waals surface area contributed by atoms with E-state index in [0.29, 0.717) is 18.3 Å². The summed E-state index contributed by atoms with van der Waals surface area (Å²) >= 11 is 0. The quantitative estimate of drug-likeness (QED) is 0.618. The first-order valence-electron chi connectivity index (χ1n) is 10.4. The van der Waals surface area contributed by atoms with E-state index in [4.69, 9.17) is 20.4 Å². The van der Waals surface area contributed by atoms with E-state index in [1.807, 2.05) is 18.5 Å². The molecule has 0 saturated carbocycles. The van der Waals surface area contributed by atoms with Gasteiger partial charge < -0.3 is 20.3 Å². The van der Waals surface area contributed by atoms with Crippen molar-refractivity contribution >= 4 is 46.9 Å². The summed E-state index contributed by atoms with van der Waals surface area (Å²) in [6.07, 6.45) is 7.49. The summed E-state index contributed by atoms with van der Waals surface area (Å²) in [5.74, 6) is 1.66. The molecule has 0 unspecified atom stereocenters. The number of aromatic nitrogens is 5. The van der Waals surface area contributed by atoms with Gasteiger partial charge >= 0.3 is 0 Å². The van der Waals surface area contributed by atoms with Crippen LogP contribution in [0, 0.1) is 0 Å². The van der Waals surface area contributed by atoms with Crippen molar-refractivity contribution in [3.05, 3.63) is 30.2 Å². The number of piperidine rings is 1. The highest BCUT2D eigenvalue weighted by molar-refractivity contribution is 5.87. The topological polar surface area (TPSA) is 121 Å². The molecule has 0 amide bonds. The molecular weight excluding hydrogens is 418 g/mol. The number of aliphatic imine (C=N–C) groups is 1. The lowest BCUT2D eigenvalue weighted by molar-refractivity contribution is 0.221. The minimum atomic E-state index is -0.172. The predicted octanol–water partition coefficient (Wildman–Crippen LogP) is 1.94. The molecule has 1 saturated heterocycles. The van der Waals surface area contributed by atoms with E-state index in [1.165, 1.54) is 0 Å². The van der Waals surface area contributed by atoms with Gasteiger partial charge in [-0.25, -0.2) is 15.0 Å². The van der Waals surface area contributed by atoms with Crippen molar-refractivity contribution < 1.29 is 4.74 Å².